The molecule has 2 aliphatic heterocycles. The van der Waals surface area contributed by atoms with Crippen molar-refractivity contribution in [2.45, 2.75) is 38.2 Å². The number of hydrogen-bond acceptors (Lipinski definition) is 7. The monoisotopic (exact) mass is 480 g/mol. The van der Waals surface area contributed by atoms with E-state index in [0.717, 1.165) is 28.1 Å². The predicted molar refractivity (Wildman–Crippen MR) is 128 cm³/mol. The number of ether oxygens (including phenoxy) is 1. The molecule has 1 fully saturated rings. The molecule has 0 aliphatic carbocycles. The van der Waals surface area contributed by atoms with Gasteiger partial charge >= 0.3 is 5.97 Å². The van der Waals surface area contributed by atoms with Crippen LogP contribution in [-0.4, -0.2) is 56.9 Å². The van der Waals surface area contributed by atoms with E-state index in [1.807, 2.05) is 48.5 Å². The number of aliphatic hydroxyl groups is 1. The van der Waals surface area contributed by atoms with Gasteiger partial charge in [0.1, 0.15) is 11.9 Å². The highest BCUT2D eigenvalue weighted by molar-refractivity contribution is 6.36. The van der Waals surface area contributed by atoms with Gasteiger partial charge in [-0.1, -0.05) is 54.1 Å². The van der Waals surface area contributed by atoms with Crippen LogP contribution in [0.15, 0.2) is 48.5 Å². The summed E-state index contributed by atoms with van der Waals surface area (Å²) >= 11 is 6.85. The standard InChI is InChI=1S/C25H25ClN4O4/c1-34-24-18-12-30(20-9-5-8-17(23(20)26)15-6-3-2-4-7-15)13-19(18)27-22(28-24)14-29-11-16(31)10-21(29)25(32)33/h2-9,16,21,31H,10-14H2,1H3,(H,32,33)/t16-,21?/m0/s1. The van der Waals surface area contributed by atoms with Crippen LogP contribution in [0.5, 0.6) is 5.88 Å². The maximum absolute atomic E-state index is 11.6. The summed E-state index contributed by atoms with van der Waals surface area (Å²) < 4.78 is 5.57. The van der Waals surface area contributed by atoms with Gasteiger partial charge in [-0.3, -0.25) is 9.69 Å². The highest BCUT2D eigenvalue weighted by atomic mass is 35.5. The highest BCUT2D eigenvalue weighted by Crippen LogP contribution is 2.40. The smallest absolute Gasteiger partial charge is 0.321 e. The summed E-state index contributed by atoms with van der Waals surface area (Å²) in [5.41, 5.74) is 4.63. The Hall–Kier alpha value is -3.20. The van der Waals surface area contributed by atoms with Crippen LogP contribution in [0.25, 0.3) is 11.1 Å². The van der Waals surface area contributed by atoms with Gasteiger partial charge in [0.05, 0.1) is 54.8 Å². The molecule has 5 rings (SSSR count). The van der Waals surface area contributed by atoms with Crippen LogP contribution < -0.4 is 9.64 Å². The van der Waals surface area contributed by atoms with E-state index in [2.05, 4.69) is 9.88 Å². The van der Waals surface area contributed by atoms with Gasteiger partial charge in [-0.15, -0.1) is 0 Å². The molecule has 34 heavy (non-hydrogen) atoms. The van der Waals surface area contributed by atoms with Crippen LogP contribution in [0.2, 0.25) is 5.02 Å². The summed E-state index contributed by atoms with van der Waals surface area (Å²) in [6.07, 6.45) is -0.478. The lowest BCUT2D eigenvalue weighted by Crippen LogP contribution is -2.36. The first-order chi connectivity index (χ1) is 16.4. The quantitative estimate of drug-likeness (QED) is 0.554. The lowest BCUT2D eigenvalue weighted by Gasteiger charge is -2.20. The second-order valence-corrected chi connectivity index (χ2v) is 8.99. The fraction of sp³-hybridized carbons (Fsp3) is 0.320. The number of anilines is 1. The molecule has 0 saturated carbocycles. The largest absolute Gasteiger partial charge is 0.481 e. The number of nitrogens with zero attached hydrogens (tertiary/aromatic N) is 4. The third-order valence-corrected chi connectivity index (χ3v) is 6.80. The summed E-state index contributed by atoms with van der Waals surface area (Å²) in [4.78, 5) is 24.7. The third kappa shape index (κ3) is 4.20. The molecule has 3 heterocycles. The van der Waals surface area contributed by atoms with E-state index in [4.69, 9.17) is 21.3 Å². The molecule has 1 aromatic heterocycles. The summed E-state index contributed by atoms with van der Waals surface area (Å²) in [6.45, 7) is 1.58. The average molecular weight is 481 g/mol. The molecule has 0 radical (unpaired) electrons. The molecule has 0 amide bonds. The number of carboxylic acid groups (broad SMARTS) is 1. The normalized spacial score (nSPS) is 19.9. The molecular formula is C25H25ClN4O4. The topological polar surface area (TPSA) is 99.0 Å². The number of rotatable bonds is 6. The Labute approximate surface area is 202 Å². The minimum atomic E-state index is -0.955. The zero-order valence-electron chi connectivity index (χ0n) is 18.7. The lowest BCUT2D eigenvalue weighted by atomic mass is 10.0. The summed E-state index contributed by atoms with van der Waals surface area (Å²) in [5, 5.41) is 20.1. The van der Waals surface area contributed by atoms with Gasteiger partial charge in [0.2, 0.25) is 5.88 Å². The van der Waals surface area contributed by atoms with Crippen LogP contribution in [0.1, 0.15) is 23.5 Å². The van der Waals surface area contributed by atoms with Crippen molar-refractivity contribution in [1.29, 1.82) is 0 Å². The zero-order chi connectivity index (χ0) is 23.8. The third-order valence-electron chi connectivity index (χ3n) is 6.40. The zero-order valence-corrected chi connectivity index (χ0v) is 19.4. The van der Waals surface area contributed by atoms with Crippen LogP contribution in [0, 0.1) is 0 Å². The number of methoxy groups -OCH3 is 1. The molecule has 1 saturated heterocycles. The highest BCUT2D eigenvalue weighted by Gasteiger charge is 2.37. The number of carboxylic acids is 1. The number of carbonyl (C=O) groups is 1. The Bertz CT molecular complexity index is 1220. The minimum Gasteiger partial charge on any atom is -0.481 e. The van der Waals surface area contributed by atoms with Crippen molar-refractivity contribution in [3.63, 3.8) is 0 Å². The molecule has 2 aliphatic rings. The van der Waals surface area contributed by atoms with Crippen molar-refractivity contribution in [3.8, 4) is 17.0 Å². The second-order valence-electron chi connectivity index (χ2n) is 8.61. The van der Waals surface area contributed by atoms with Crippen molar-refractivity contribution < 1.29 is 19.7 Å². The van der Waals surface area contributed by atoms with E-state index < -0.39 is 18.1 Å². The number of β-amino-alcohol motifs (C(OH)–C–C–N with tert-alkyl or cyclic N) is 1. The van der Waals surface area contributed by atoms with Gasteiger partial charge in [0.15, 0.2) is 0 Å². The van der Waals surface area contributed by atoms with Gasteiger partial charge in [-0.25, -0.2) is 4.98 Å². The van der Waals surface area contributed by atoms with E-state index in [0.29, 0.717) is 29.8 Å². The van der Waals surface area contributed by atoms with Gasteiger partial charge in [0, 0.05) is 18.5 Å². The van der Waals surface area contributed by atoms with Gasteiger partial charge in [-0.2, -0.15) is 4.98 Å². The number of benzene rings is 2. The average Bonchev–Trinajstić information content (AvgIpc) is 3.42. The molecule has 0 spiro atoms. The minimum absolute atomic E-state index is 0.196. The first kappa shape index (κ1) is 22.6. The van der Waals surface area contributed by atoms with Gasteiger partial charge < -0.3 is 19.8 Å². The molecular weight excluding hydrogens is 456 g/mol. The summed E-state index contributed by atoms with van der Waals surface area (Å²) in [6, 6.07) is 15.2. The Morgan fingerprint density at radius 3 is 2.68 bits per heavy atom. The van der Waals surface area contributed by atoms with E-state index in [-0.39, 0.29) is 19.5 Å². The molecule has 2 N–H and O–H groups in total. The van der Waals surface area contributed by atoms with E-state index in [1.165, 1.54) is 0 Å². The fourth-order valence-corrected chi connectivity index (χ4v) is 5.14. The number of aromatic nitrogens is 2. The Morgan fingerprint density at radius 1 is 1.15 bits per heavy atom. The fourth-order valence-electron chi connectivity index (χ4n) is 4.78. The Morgan fingerprint density at radius 2 is 1.94 bits per heavy atom. The number of aliphatic hydroxyl groups excluding tert-OH is 1. The SMILES string of the molecule is COc1nc(CN2C[C@@H](O)CC2C(=O)O)nc2c1CN(c1cccc(-c3ccccc3)c1Cl)C2. The Balaban J connectivity index is 1.42. The molecule has 8 nitrogen and oxygen atoms in total. The van der Waals surface area contributed by atoms with Crippen LogP contribution in [-0.2, 0) is 24.4 Å². The molecule has 2 aromatic carbocycles. The molecule has 3 aromatic rings. The molecule has 9 heteroatoms. The van der Waals surface area contributed by atoms with Gasteiger partial charge in [0.25, 0.3) is 0 Å². The maximum atomic E-state index is 11.6. The van der Waals surface area contributed by atoms with E-state index in [9.17, 15) is 15.0 Å². The summed E-state index contributed by atoms with van der Waals surface area (Å²) in [7, 11) is 1.57. The Kier molecular flexibility index (Phi) is 6.12. The van der Waals surface area contributed by atoms with Gasteiger partial charge in [-0.05, 0) is 11.6 Å². The molecule has 2 atom stereocenters. The van der Waals surface area contributed by atoms with Crippen LogP contribution >= 0.6 is 11.6 Å². The maximum Gasteiger partial charge on any atom is 0.321 e. The number of fused-ring (bicyclic) bond motifs is 1. The number of aliphatic carboxylic acids is 1. The first-order valence-corrected chi connectivity index (χ1v) is 11.5. The van der Waals surface area contributed by atoms with E-state index >= 15 is 0 Å². The second kappa shape index (κ2) is 9.21. The number of halogens is 1. The van der Waals surface area contributed by atoms with Crippen LogP contribution in [0.4, 0.5) is 5.69 Å². The van der Waals surface area contributed by atoms with Crippen LogP contribution in [0.3, 0.4) is 0 Å². The first-order valence-electron chi connectivity index (χ1n) is 11.1. The lowest BCUT2D eigenvalue weighted by molar-refractivity contribution is -0.142. The van der Waals surface area contributed by atoms with Crippen molar-refractivity contribution in [2.24, 2.45) is 0 Å². The molecule has 1 unspecified atom stereocenters. The number of likely N-dealkylation sites (tertiary alicyclic amines) is 1. The molecule has 0 bridgehead atoms. The summed E-state index contributed by atoms with van der Waals surface area (Å²) in [5.74, 6) is -0.00446. The van der Waals surface area contributed by atoms with Crippen molar-refractivity contribution >= 4 is 23.3 Å². The van der Waals surface area contributed by atoms with Crippen molar-refractivity contribution in [1.82, 2.24) is 14.9 Å². The molecule has 176 valence electrons. The van der Waals surface area contributed by atoms with E-state index in [1.54, 1.807) is 12.0 Å². The van der Waals surface area contributed by atoms with Crippen molar-refractivity contribution in [2.75, 3.05) is 18.6 Å². The predicted octanol–water partition coefficient (Wildman–Crippen LogP) is 3.35. The number of hydrogen-bond donors (Lipinski definition) is 2. The van der Waals surface area contributed by atoms with Crippen molar-refractivity contribution in [3.05, 3.63) is 70.6 Å².